The number of benzene rings is 1. The second kappa shape index (κ2) is 4.72. The summed E-state index contributed by atoms with van der Waals surface area (Å²) in [7, 11) is 0. The Bertz CT molecular complexity index is 559. The van der Waals surface area contributed by atoms with Crippen LogP contribution in [0.1, 0.15) is 30.9 Å². The van der Waals surface area contributed by atoms with Gasteiger partial charge in [0, 0.05) is 11.1 Å². The van der Waals surface area contributed by atoms with Crippen molar-refractivity contribution < 1.29 is 4.39 Å². The highest BCUT2D eigenvalue weighted by Crippen LogP contribution is 2.31. The Morgan fingerprint density at radius 2 is 1.89 bits per heavy atom. The maximum Gasteiger partial charge on any atom is 0.130 e. The molecule has 0 aliphatic heterocycles. The van der Waals surface area contributed by atoms with Crippen molar-refractivity contribution in [2.24, 2.45) is 0 Å². The highest BCUT2D eigenvalue weighted by Gasteiger charge is 2.15. The van der Waals surface area contributed by atoms with Gasteiger partial charge in [0.25, 0.3) is 0 Å². The van der Waals surface area contributed by atoms with E-state index in [4.69, 9.17) is 5.73 Å². The molecular formula is C14H16FN3. The molecule has 0 radical (unpaired) electrons. The highest BCUT2D eigenvalue weighted by molar-refractivity contribution is 5.68. The van der Waals surface area contributed by atoms with E-state index in [1.165, 1.54) is 18.5 Å². The molecule has 2 rings (SSSR count). The topological polar surface area (TPSA) is 51.8 Å². The summed E-state index contributed by atoms with van der Waals surface area (Å²) in [6.07, 6.45) is 1.41. The number of nitrogens with zero attached hydrogens (tertiary/aromatic N) is 2. The Labute approximate surface area is 106 Å². The maximum absolute atomic E-state index is 13.5. The van der Waals surface area contributed by atoms with Crippen molar-refractivity contribution in [1.82, 2.24) is 9.97 Å². The van der Waals surface area contributed by atoms with Gasteiger partial charge in [0.15, 0.2) is 0 Å². The van der Waals surface area contributed by atoms with E-state index in [9.17, 15) is 4.39 Å². The van der Waals surface area contributed by atoms with Gasteiger partial charge in [0.2, 0.25) is 0 Å². The van der Waals surface area contributed by atoms with Gasteiger partial charge in [-0.2, -0.15) is 0 Å². The molecule has 1 aromatic carbocycles. The SMILES string of the molecule is Cc1cc(F)cc(-c2ncnc(N)c2C(C)C)c1. The molecule has 1 heterocycles. The first-order valence-electron chi connectivity index (χ1n) is 5.87. The normalized spacial score (nSPS) is 10.9. The molecule has 0 aliphatic carbocycles. The lowest BCUT2D eigenvalue weighted by Crippen LogP contribution is -2.04. The molecule has 1 aromatic heterocycles. The van der Waals surface area contributed by atoms with Crippen molar-refractivity contribution >= 4 is 5.82 Å². The van der Waals surface area contributed by atoms with Gasteiger partial charge in [-0.05, 0) is 36.6 Å². The monoisotopic (exact) mass is 245 g/mol. The molecule has 94 valence electrons. The van der Waals surface area contributed by atoms with Crippen molar-refractivity contribution in [3.8, 4) is 11.3 Å². The van der Waals surface area contributed by atoms with E-state index < -0.39 is 0 Å². The first-order chi connectivity index (χ1) is 8.49. The van der Waals surface area contributed by atoms with Crippen LogP contribution in [0.4, 0.5) is 10.2 Å². The van der Waals surface area contributed by atoms with Crippen LogP contribution in [-0.2, 0) is 0 Å². The van der Waals surface area contributed by atoms with E-state index in [0.29, 0.717) is 11.5 Å². The summed E-state index contributed by atoms with van der Waals surface area (Å²) >= 11 is 0. The molecule has 0 saturated heterocycles. The smallest absolute Gasteiger partial charge is 0.130 e. The van der Waals surface area contributed by atoms with Crippen LogP contribution in [0, 0.1) is 12.7 Å². The fourth-order valence-corrected chi connectivity index (χ4v) is 2.08. The lowest BCUT2D eigenvalue weighted by atomic mass is 9.96. The first-order valence-corrected chi connectivity index (χ1v) is 5.87. The van der Waals surface area contributed by atoms with E-state index in [1.54, 1.807) is 0 Å². The summed E-state index contributed by atoms with van der Waals surface area (Å²) in [5.74, 6) is 0.374. The number of hydrogen-bond acceptors (Lipinski definition) is 3. The number of anilines is 1. The van der Waals surface area contributed by atoms with Gasteiger partial charge < -0.3 is 5.73 Å². The summed E-state index contributed by atoms with van der Waals surface area (Å²) in [6, 6.07) is 4.86. The minimum absolute atomic E-state index is 0.185. The Kier molecular flexibility index (Phi) is 3.28. The molecule has 4 heteroatoms. The second-order valence-corrected chi connectivity index (χ2v) is 4.69. The molecule has 0 fully saturated rings. The van der Waals surface area contributed by atoms with E-state index in [2.05, 4.69) is 9.97 Å². The number of nitrogen functional groups attached to an aromatic ring is 1. The molecule has 0 saturated carbocycles. The van der Waals surface area contributed by atoms with Gasteiger partial charge in [-0.15, -0.1) is 0 Å². The Balaban J connectivity index is 2.67. The summed E-state index contributed by atoms with van der Waals surface area (Å²) in [6.45, 7) is 5.89. The van der Waals surface area contributed by atoms with Crippen molar-refractivity contribution in [2.75, 3.05) is 5.73 Å². The van der Waals surface area contributed by atoms with Gasteiger partial charge in [-0.3, -0.25) is 0 Å². The Hall–Kier alpha value is -1.97. The molecule has 0 atom stereocenters. The summed E-state index contributed by atoms with van der Waals surface area (Å²) in [4.78, 5) is 8.26. The minimum atomic E-state index is -0.267. The van der Waals surface area contributed by atoms with Crippen molar-refractivity contribution in [2.45, 2.75) is 26.7 Å². The number of rotatable bonds is 2. The van der Waals surface area contributed by atoms with Crippen molar-refractivity contribution in [3.63, 3.8) is 0 Å². The van der Waals surface area contributed by atoms with Crippen molar-refractivity contribution in [1.29, 1.82) is 0 Å². The molecule has 2 aromatic rings. The second-order valence-electron chi connectivity index (χ2n) is 4.69. The van der Waals surface area contributed by atoms with E-state index in [-0.39, 0.29) is 11.7 Å². The fraction of sp³-hybridized carbons (Fsp3) is 0.286. The number of aryl methyl sites for hydroxylation is 1. The number of aromatic nitrogens is 2. The van der Waals surface area contributed by atoms with Crippen LogP contribution in [-0.4, -0.2) is 9.97 Å². The van der Waals surface area contributed by atoms with Gasteiger partial charge in [0.05, 0.1) is 5.69 Å². The number of nitrogens with two attached hydrogens (primary N) is 1. The molecule has 18 heavy (non-hydrogen) atoms. The Morgan fingerprint density at radius 3 is 2.50 bits per heavy atom. The minimum Gasteiger partial charge on any atom is -0.383 e. The summed E-state index contributed by atoms with van der Waals surface area (Å²) in [5.41, 5.74) is 9.06. The van der Waals surface area contributed by atoms with Crippen LogP contribution in [0.3, 0.4) is 0 Å². The van der Waals surface area contributed by atoms with Crippen LogP contribution < -0.4 is 5.73 Å². The maximum atomic E-state index is 13.5. The third kappa shape index (κ3) is 2.32. The lowest BCUT2D eigenvalue weighted by molar-refractivity contribution is 0.627. The van der Waals surface area contributed by atoms with Crippen molar-refractivity contribution in [3.05, 3.63) is 41.5 Å². The molecule has 2 N–H and O–H groups in total. The Morgan fingerprint density at radius 1 is 1.17 bits per heavy atom. The van der Waals surface area contributed by atoms with Crippen LogP contribution in [0.5, 0.6) is 0 Å². The molecule has 3 nitrogen and oxygen atoms in total. The van der Waals surface area contributed by atoms with Crippen LogP contribution in [0.15, 0.2) is 24.5 Å². The van der Waals surface area contributed by atoms with E-state index in [0.717, 1.165) is 16.7 Å². The van der Waals surface area contributed by atoms with Crippen LogP contribution in [0.25, 0.3) is 11.3 Å². The van der Waals surface area contributed by atoms with Gasteiger partial charge in [-0.1, -0.05) is 13.8 Å². The zero-order valence-corrected chi connectivity index (χ0v) is 10.7. The molecule has 0 aliphatic rings. The summed E-state index contributed by atoms with van der Waals surface area (Å²) in [5, 5.41) is 0. The third-order valence-electron chi connectivity index (χ3n) is 2.81. The fourth-order valence-electron chi connectivity index (χ4n) is 2.08. The quantitative estimate of drug-likeness (QED) is 0.883. The van der Waals surface area contributed by atoms with Gasteiger partial charge >= 0.3 is 0 Å². The van der Waals surface area contributed by atoms with E-state index in [1.807, 2.05) is 26.8 Å². The predicted octanol–water partition coefficient (Wildman–Crippen LogP) is 3.30. The van der Waals surface area contributed by atoms with Gasteiger partial charge in [-0.25, -0.2) is 14.4 Å². The van der Waals surface area contributed by atoms with Crippen LogP contribution in [0.2, 0.25) is 0 Å². The molecule has 0 spiro atoms. The lowest BCUT2D eigenvalue weighted by Gasteiger charge is -2.14. The number of halogens is 1. The molecule has 0 bridgehead atoms. The van der Waals surface area contributed by atoms with Crippen LogP contribution >= 0.6 is 0 Å². The highest BCUT2D eigenvalue weighted by atomic mass is 19.1. The van der Waals surface area contributed by atoms with E-state index >= 15 is 0 Å². The average molecular weight is 245 g/mol. The molecular weight excluding hydrogens is 229 g/mol. The third-order valence-corrected chi connectivity index (χ3v) is 2.81. The van der Waals surface area contributed by atoms with Gasteiger partial charge in [0.1, 0.15) is 18.0 Å². The molecule has 0 amide bonds. The first kappa shape index (κ1) is 12.5. The average Bonchev–Trinajstić information content (AvgIpc) is 2.26. The number of hydrogen-bond donors (Lipinski definition) is 1. The summed E-state index contributed by atoms with van der Waals surface area (Å²) < 4.78 is 13.5. The zero-order valence-electron chi connectivity index (χ0n) is 10.7. The largest absolute Gasteiger partial charge is 0.383 e. The predicted molar refractivity (Wildman–Crippen MR) is 70.7 cm³/mol. The standard InChI is InChI=1S/C14H16FN3/c1-8(2)12-13(17-7-18-14(12)16)10-4-9(3)5-11(15)6-10/h4-8H,1-3H3,(H2,16,17,18). The molecule has 0 unspecified atom stereocenters. The zero-order chi connectivity index (χ0) is 13.3.